The predicted octanol–water partition coefficient (Wildman–Crippen LogP) is 3.09. The first-order valence-electron chi connectivity index (χ1n) is 3.47. The van der Waals surface area contributed by atoms with Crippen LogP contribution in [0.2, 0.25) is 0 Å². The van der Waals surface area contributed by atoms with Gasteiger partial charge in [-0.05, 0) is 0 Å². The van der Waals surface area contributed by atoms with E-state index < -0.39 is 30.9 Å². The lowest BCUT2D eigenvalue weighted by molar-refractivity contribution is -0.203. The summed E-state index contributed by atoms with van der Waals surface area (Å²) in [4.78, 5) is 0. The van der Waals surface area contributed by atoms with Crippen LogP contribution in [0.4, 0.5) is 30.7 Å². The zero-order valence-electron chi connectivity index (χ0n) is 6.74. The van der Waals surface area contributed by atoms with E-state index in [1.54, 1.807) is 0 Å². The van der Waals surface area contributed by atoms with Gasteiger partial charge in [0.05, 0.1) is 0 Å². The van der Waals surface area contributed by atoms with E-state index in [9.17, 15) is 30.7 Å². The third-order valence-corrected chi connectivity index (χ3v) is 1.43. The molecule has 0 bridgehead atoms. The molecule has 0 saturated heterocycles. The minimum atomic E-state index is -5.54. The Morgan fingerprint density at radius 2 is 1.36 bits per heavy atom. The Labute approximate surface area is 75.4 Å². The van der Waals surface area contributed by atoms with Crippen molar-refractivity contribution >= 4 is 0 Å². The summed E-state index contributed by atoms with van der Waals surface area (Å²) in [6.45, 7) is 2.70. The zero-order valence-corrected chi connectivity index (χ0v) is 6.74. The minimum absolute atomic E-state index is 0.264. The maximum Gasteiger partial charge on any atom is 0.422 e. The molecule has 0 N–H and O–H groups in total. The van der Waals surface area contributed by atoms with Crippen molar-refractivity contribution in [2.24, 2.45) is 0 Å². The van der Waals surface area contributed by atoms with Gasteiger partial charge in [0.2, 0.25) is 6.17 Å². The first-order chi connectivity index (χ1) is 6.21. The normalized spacial score (nSPS) is 21.1. The van der Waals surface area contributed by atoms with Gasteiger partial charge >= 0.3 is 6.18 Å². The van der Waals surface area contributed by atoms with Crippen LogP contribution in [-0.4, -0.2) is 30.9 Å². The average molecular weight is 224 g/mol. The van der Waals surface area contributed by atoms with Crippen LogP contribution >= 0.6 is 0 Å². The van der Waals surface area contributed by atoms with Crippen LogP contribution in [0.25, 0.3) is 0 Å². The number of halogens is 7. The highest BCUT2D eigenvalue weighted by Gasteiger charge is 2.50. The average Bonchev–Trinajstić information content (AvgIpc) is 2.11. The largest absolute Gasteiger partial charge is 0.422 e. The number of hydrogen-bond acceptors (Lipinski definition) is 0. The number of allylic oxidation sites excluding steroid dienone is 1. The van der Waals surface area contributed by atoms with Crippen LogP contribution < -0.4 is 0 Å². The monoisotopic (exact) mass is 224 g/mol. The molecule has 0 rings (SSSR count). The van der Waals surface area contributed by atoms with Crippen LogP contribution in [0.5, 0.6) is 0 Å². The minimum Gasteiger partial charge on any atom is -0.241 e. The molecule has 4 unspecified atom stereocenters. The standard InChI is InChI=1S/C7H7F7/c1-2-3(8)4(9)5(10)6(11)7(12,13)14/h2-6H,1H2. The van der Waals surface area contributed by atoms with E-state index in [1.807, 2.05) is 0 Å². The lowest BCUT2D eigenvalue weighted by Gasteiger charge is -2.20. The van der Waals surface area contributed by atoms with E-state index in [-0.39, 0.29) is 6.08 Å². The highest BCUT2D eigenvalue weighted by atomic mass is 19.4. The topological polar surface area (TPSA) is 0 Å². The van der Waals surface area contributed by atoms with Gasteiger partial charge in [-0.1, -0.05) is 6.08 Å². The second kappa shape index (κ2) is 4.65. The molecule has 0 nitrogen and oxygen atoms in total. The molecule has 0 aliphatic rings. The van der Waals surface area contributed by atoms with Crippen LogP contribution in [0.3, 0.4) is 0 Å². The maximum absolute atomic E-state index is 12.4. The Hall–Kier alpha value is -0.750. The third kappa shape index (κ3) is 3.19. The second-order valence-corrected chi connectivity index (χ2v) is 2.51. The van der Waals surface area contributed by atoms with E-state index in [0.717, 1.165) is 0 Å². The van der Waals surface area contributed by atoms with Crippen molar-refractivity contribution in [2.75, 3.05) is 0 Å². The summed E-state index contributed by atoms with van der Waals surface area (Å²) in [5, 5.41) is 0. The number of alkyl halides is 7. The Balaban J connectivity index is 4.46. The van der Waals surface area contributed by atoms with E-state index >= 15 is 0 Å². The van der Waals surface area contributed by atoms with Gasteiger partial charge in [-0.2, -0.15) is 13.2 Å². The molecule has 14 heavy (non-hydrogen) atoms. The molecule has 0 radical (unpaired) electrons. The van der Waals surface area contributed by atoms with E-state index in [4.69, 9.17) is 0 Å². The number of rotatable bonds is 4. The van der Waals surface area contributed by atoms with Crippen LogP contribution in [0.1, 0.15) is 0 Å². The van der Waals surface area contributed by atoms with Crippen LogP contribution in [0, 0.1) is 0 Å². The summed E-state index contributed by atoms with van der Waals surface area (Å²) < 4.78 is 83.6. The van der Waals surface area contributed by atoms with Crippen molar-refractivity contribution in [3.8, 4) is 0 Å². The van der Waals surface area contributed by atoms with Gasteiger partial charge in [-0.15, -0.1) is 6.58 Å². The molecule has 0 aromatic carbocycles. The molecule has 7 heteroatoms. The first-order valence-corrected chi connectivity index (χ1v) is 3.47. The van der Waals surface area contributed by atoms with E-state index in [2.05, 4.69) is 6.58 Å². The Kier molecular flexibility index (Phi) is 4.41. The molecule has 0 fully saturated rings. The van der Waals surface area contributed by atoms with Gasteiger partial charge in [-0.3, -0.25) is 0 Å². The fraction of sp³-hybridized carbons (Fsp3) is 0.714. The second-order valence-electron chi connectivity index (χ2n) is 2.51. The summed E-state index contributed by atoms with van der Waals surface area (Å²) in [6.07, 6.45) is -18.8. The van der Waals surface area contributed by atoms with Crippen molar-refractivity contribution in [3.05, 3.63) is 12.7 Å². The SMILES string of the molecule is C=CC(F)C(F)C(F)C(F)C(F)(F)F. The van der Waals surface area contributed by atoms with Gasteiger partial charge in [0.1, 0.15) is 0 Å². The van der Waals surface area contributed by atoms with Gasteiger partial charge in [0.25, 0.3) is 0 Å². The molecule has 0 aromatic heterocycles. The highest BCUT2D eigenvalue weighted by Crippen LogP contribution is 2.30. The predicted molar refractivity (Wildman–Crippen MR) is 35.8 cm³/mol. The molecule has 0 amide bonds. The van der Waals surface area contributed by atoms with Crippen molar-refractivity contribution < 1.29 is 30.7 Å². The number of hydrogen-bond donors (Lipinski definition) is 0. The molecule has 0 heterocycles. The molecule has 4 atom stereocenters. The summed E-state index contributed by atoms with van der Waals surface area (Å²) in [5.74, 6) is 0. The van der Waals surface area contributed by atoms with Gasteiger partial charge in [0, 0.05) is 0 Å². The summed E-state index contributed by atoms with van der Waals surface area (Å²) in [6, 6.07) is 0. The van der Waals surface area contributed by atoms with Gasteiger partial charge in [0.15, 0.2) is 18.5 Å². The summed E-state index contributed by atoms with van der Waals surface area (Å²) in [5.41, 5.74) is 0. The van der Waals surface area contributed by atoms with Crippen molar-refractivity contribution in [1.82, 2.24) is 0 Å². The maximum atomic E-state index is 12.4. The summed E-state index contributed by atoms with van der Waals surface area (Å²) >= 11 is 0. The Bertz CT molecular complexity index is 187. The first kappa shape index (κ1) is 13.2. The molecular weight excluding hydrogens is 217 g/mol. The van der Waals surface area contributed by atoms with Gasteiger partial charge in [-0.25, -0.2) is 17.6 Å². The molecule has 0 aromatic rings. The molecule has 84 valence electrons. The van der Waals surface area contributed by atoms with Crippen molar-refractivity contribution in [3.63, 3.8) is 0 Å². The highest BCUT2D eigenvalue weighted by molar-refractivity contribution is 4.93. The Morgan fingerprint density at radius 1 is 0.929 bits per heavy atom. The van der Waals surface area contributed by atoms with E-state index in [1.165, 1.54) is 0 Å². The Morgan fingerprint density at radius 3 is 1.64 bits per heavy atom. The van der Waals surface area contributed by atoms with Crippen molar-refractivity contribution in [1.29, 1.82) is 0 Å². The van der Waals surface area contributed by atoms with Crippen LogP contribution in [-0.2, 0) is 0 Å². The zero-order chi connectivity index (χ0) is 11.5. The van der Waals surface area contributed by atoms with Gasteiger partial charge < -0.3 is 0 Å². The molecule has 0 aliphatic heterocycles. The molecule has 0 saturated carbocycles. The molecular formula is C7H7F7. The van der Waals surface area contributed by atoms with E-state index in [0.29, 0.717) is 0 Å². The fourth-order valence-electron chi connectivity index (χ4n) is 0.648. The smallest absolute Gasteiger partial charge is 0.241 e. The lowest BCUT2D eigenvalue weighted by atomic mass is 10.1. The van der Waals surface area contributed by atoms with Crippen LogP contribution in [0.15, 0.2) is 12.7 Å². The fourth-order valence-corrected chi connectivity index (χ4v) is 0.648. The quantitative estimate of drug-likeness (QED) is 0.508. The van der Waals surface area contributed by atoms with Crippen molar-refractivity contribution in [2.45, 2.75) is 30.9 Å². The third-order valence-electron chi connectivity index (χ3n) is 1.43. The molecule has 0 aliphatic carbocycles. The summed E-state index contributed by atoms with van der Waals surface area (Å²) in [7, 11) is 0. The molecule has 0 spiro atoms. The lowest BCUT2D eigenvalue weighted by Crippen LogP contribution is -2.42.